The zero-order chi connectivity index (χ0) is 10.8. The molecule has 0 saturated heterocycles. The fourth-order valence-corrected chi connectivity index (χ4v) is 1.58. The van der Waals surface area contributed by atoms with Crippen LogP contribution in [0.5, 0.6) is 5.88 Å². The van der Waals surface area contributed by atoms with Crippen molar-refractivity contribution in [1.82, 2.24) is 5.16 Å². The molecule has 0 radical (unpaired) electrons. The summed E-state index contributed by atoms with van der Waals surface area (Å²) in [5, 5.41) is 12.7. The molecule has 0 unspecified atom stereocenters. The van der Waals surface area contributed by atoms with Gasteiger partial charge in [0.1, 0.15) is 0 Å². The summed E-state index contributed by atoms with van der Waals surface area (Å²) in [6.45, 7) is -0.436. The van der Waals surface area contributed by atoms with Crippen LogP contribution in [0.25, 0.3) is 11.0 Å². The van der Waals surface area contributed by atoms with Crippen LogP contribution in [0.15, 0.2) is 27.2 Å². The highest BCUT2D eigenvalue weighted by Gasteiger charge is 2.12. The second-order valence-corrected chi connectivity index (χ2v) is 3.64. The SMILES string of the molecule is O=C(O)COc1noc2c(Br)cccc12. The highest BCUT2D eigenvalue weighted by atomic mass is 79.9. The molecule has 1 aromatic heterocycles. The Kier molecular flexibility index (Phi) is 2.59. The Labute approximate surface area is 92.7 Å². The summed E-state index contributed by atoms with van der Waals surface area (Å²) < 4.78 is 10.7. The van der Waals surface area contributed by atoms with Crippen molar-refractivity contribution in [2.45, 2.75) is 0 Å². The lowest BCUT2D eigenvalue weighted by Crippen LogP contribution is -2.09. The van der Waals surface area contributed by atoms with Crippen molar-refractivity contribution < 1.29 is 19.2 Å². The lowest BCUT2D eigenvalue weighted by molar-refractivity contribution is -0.139. The van der Waals surface area contributed by atoms with Crippen molar-refractivity contribution in [3.05, 3.63) is 22.7 Å². The largest absolute Gasteiger partial charge is 0.479 e. The number of ether oxygens (including phenoxy) is 1. The van der Waals surface area contributed by atoms with Gasteiger partial charge in [-0.1, -0.05) is 6.07 Å². The van der Waals surface area contributed by atoms with Crippen LogP contribution in [0.3, 0.4) is 0 Å². The van der Waals surface area contributed by atoms with Crippen molar-refractivity contribution in [3.8, 4) is 5.88 Å². The van der Waals surface area contributed by atoms with Crippen LogP contribution in [-0.2, 0) is 4.79 Å². The quantitative estimate of drug-likeness (QED) is 0.925. The molecule has 0 atom stereocenters. The number of carboxylic acids is 1. The molecule has 2 rings (SSSR count). The molecule has 1 aromatic carbocycles. The minimum Gasteiger partial charge on any atom is -0.479 e. The zero-order valence-corrected chi connectivity index (χ0v) is 9.02. The van der Waals surface area contributed by atoms with Crippen LogP contribution in [0.1, 0.15) is 0 Å². The summed E-state index contributed by atoms with van der Waals surface area (Å²) in [5.41, 5.74) is 0.540. The lowest BCUT2D eigenvalue weighted by atomic mass is 10.3. The number of halogens is 1. The van der Waals surface area contributed by atoms with Gasteiger partial charge in [-0.2, -0.15) is 0 Å². The first kappa shape index (κ1) is 9.97. The molecule has 0 aliphatic rings. The summed E-state index contributed by atoms with van der Waals surface area (Å²) in [6.07, 6.45) is 0. The number of aromatic nitrogens is 1. The van der Waals surface area contributed by atoms with Gasteiger partial charge in [-0.25, -0.2) is 4.79 Å². The lowest BCUT2D eigenvalue weighted by Gasteiger charge is -1.96. The second kappa shape index (κ2) is 3.90. The molecule has 5 nitrogen and oxygen atoms in total. The molecule has 15 heavy (non-hydrogen) atoms. The van der Waals surface area contributed by atoms with Crippen LogP contribution in [0, 0.1) is 0 Å². The molecule has 0 fully saturated rings. The molecule has 1 N–H and O–H groups in total. The third-order valence-corrected chi connectivity index (χ3v) is 2.37. The van der Waals surface area contributed by atoms with Crippen LogP contribution < -0.4 is 4.74 Å². The zero-order valence-electron chi connectivity index (χ0n) is 7.44. The van der Waals surface area contributed by atoms with E-state index in [0.717, 1.165) is 4.47 Å². The van der Waals surface area contributed by atoms with Gasteiger partial charge in [0.05, 0.1) is 9.86 Å². The van der Waals surface area contributed by atoms with Gasteiger partial charge in [0.15, 0.2) is 12.2 Å². The number of nitrogens with zero attached hydrogens (tertiary/aromatic N) is 1. The fourth-order valence-electron chi connectivity index (χ4n) is 1.14. The monoisotopic (exact) mass is 271 g/mol. The molecule has 78 valence electrons. The average Bonchev–Trinajstić information content (AvgIpc) is 2.59. The van der Waals surface area contributed by atoms with Gasteiger partial charge < -0.3 is 14.4 Å². The Bertz CT molecular complexity index is 508. The number of aliphatic carboxylic acids is 1. The first-order chi connectivity index (χ1) is 7.18. The highest BCUT2D eigenvalue weighted by Crippen LogP contribution is 2.30. The average molecular weight is 272 g/mol. The Hall–Kier alpha value is -1.56. The van der Waals surface area contributed by atoms with E-state index in [1.807, 2.05) is 0 Å². The molecule has 2 aromatic rings. The molecular formula is C9H6BrNO4. The van der Waals surface area contributed by atoms with E-state index in [1.54, 1.807) is 18.2 Å². The van der Waals surface area contributed by atoms with Crippen LogP contribution in [-0.4, -0.2) is 22.8 Å². The van der Waals surface area contributed by atoms with Gasteiger partial charge >= 0.3 is 5.97 Å². The van der Waals surface area contributed by atoms with Crippen LogP contribution >= 0.6 is 15.9 Å². The number of para-hydroxylation sites is 1. The summed E-state index contributed by atoms with van der Waals surface area (Å²) in [6, 6.07) is 5.33. The van der Waals surface area contributed by atoms with Crippen LogP contribution in [0.4, 0.5) is 0 Å². The Morgan fingerprint density at radius 2 is 2.40 bits per heavy atom. The minimum absolute atomic E-state index is 0.189. The Morgan fingerprint density at radius 3 is 3.13 bits per heavy atom. The van der Waals surface area contributed by atoms with Crippen molar-refractivity contribution in [2.75, 3.05) is 6.61 Å². The fraction of sp³-hybridized carbons (Fsp3) is 0.111. The number of rotatable bonds is 3. The van der Waals surface area contributed by atoms with E-state index in [0.29, 0.717) is 11.0 Å². The van der Waals surface area contributed by atoms with Crippen molar-refractivity contribution in [3.63, 3.8) is 0 Å². The summed E-state index contributed by atoms with van der Waals surface area (Å²) in [5.74, 6) is -0.866. The first-order valence-electron chi connectivity index (χ1n) is 4.07. The summed E-state index contributed by atoms with van der Waals surface area (Å²) >= 11 is 3.28. The van der Waals surface area contributed by atoms with Crippen LogP contribution in [0.2, 0.25) is 0 Å². The van der Waals surface area contributed by atoms with E-state index in [9.17, 15) is 4.79 Å². The van der Waals surface area contributed by atoms with Crippen molar-refractivity contribution in [1.29, 1.82) is 0 Å². The van der Waals surface area contributed by atoms with Gasteiger partial charge in [-0.05, 0) is 33.2 Å². The van der Waals surface area contributed by atoms with E-state index in [-0.39, 0.29) is 5.88 Å². The highest BCUT2D eigenvalue weighted by molar-refractivity contribution is 9.10. The van der Waals surface area contributed by atoms with Gasteiger partial charge in [-0.15, -0.1) is 0 Å². The smallest absolute Gasteiger partial charge is 0.341 e. The molecule has 0 amide bonds. The number of benzene rings is 1. The van der Waals surface area contributed by atoms with Crippen molar-refractivity contribution >= 4 is 32.9 Å². The maximum atomic E-state index is 10.3. The number of fused-ring (bicyclic) bond motifs is 1. The number of hydrogen-bond donors (Lipinski definition) is 1. The Morgan fingerprint density at radius 1 is 1.60 bits per heavy atom. The third kappa shape index (κ3) is 1.94. The van der Waals surface area contributed by atoms with Gasteiger partial charge in [0.25, 0.3) is 5.88 Å². The summed E-state index contributed by atoms with van der Waals surface area (Å²) in [4.78, 5) is 10.3. The van der Waals surface area contributed by atoms with Crippen molar-refractivity contribution in [2.24, 2.45) is 0 Å². The predicted octanol–water partition coefficient (Wildman–Crippen LogP) is 2.05. The molecular weight excluding hydrogens is 266 g/mol. The molecule has 0 spiro atoms. The maximum absolute atomic E-state index is 10.3. The number of hydrogen-bond acceptors (Lipinski definition) is 4. The van der Waals surface area contributed by atoms with E-state index in [2.05, 4.69) is 21.1 Å². The van der Waals surface area contributed by atoms with Gasteiger partial charge in [-0.3, -0.25) is 0 Å². The van der Waals surface area contributed by atoms with E-state index < -0.39 is 12.6 Å². The number of carbonyl (C=O) groups is 1. The Balaban J connectivity index is 2.37. The molecule has 0 saturated carbocycles. The summed E-state index contributed by atoms with van der Waals surface area (Å²) in [7, 11) is 0. The number of carboxylic acid groups (broad SMARTS) is 1. The topological polar surface area (TPSA) is 72.6 Å². The molecule has 6 heteroatoms. The van der Waals surface area contributed by atoms with E-state index in [4.69, 9.17) is 14.4 Å². The minimum atomic E-state index is -1.05. The first-order valence-corrected chi connectivity index (χ1v) is 4.86. The van der Waals surface area contributed by atoms with E-state index in [1.165, 1.54) is 0 Å². The molecule has 1 heterocycles. The third-order valence-electron chi connectivity index (χ3n) is 1.75. The second-order valence-electron chi connectivity index (χ2n) is 2.79. The molecule has 0 aliphatic heterocycles. The molecule has 0 bridgehead atoms. The predicted molar refractivity (Wildman–Crippen MR) is 54.8 cm³/mol. The normalized spacial score (nSPS) is 10.5. The van der Waals surface area contributed by atoms with E-state index >= 15 is 0 Å². The standard InChI is InChI=1S/C9H6BrNO4/c10-6-3-1-2-5-8(6)15-11-9(5)14-4-7(12)13/h1-3H,4H2,(H,12,13). The maximum Gasteiger partial charge on any atom is 0.341 e. The van der Waals surface area contributed by atoms with Gasteiger partial charge in [0.2, 0.25) is 0 Å². The van der Waals surface area contributed by atoms with Gasteiger partial charge in [0, 0.05) is 0 Å². The molecule has 0 aliphatic carbocycles.